The van der Waals surface area contributed by atoms with Crippen molar-refractivity contribution in [2.24, 2.45) is 0 Å². The Labute approximate surface area is 106 Å². The molecule has 3 heteroatoms. The zero-order valence-corrected chi connectivity index (χ0v) is 10.1. The van der Waals surface area contributed by atoms with Gasteiger partial charge in [-0.3, -0.25) is 9.78 Å². The predicted octanol–water partition coefficient (Wildman–Crippen LogP) is 2.91. The van der Waals surface area contributed by atoms with Crippen LogP contribution in [0, 0.1) is 0 Å². The van der Waals surface area contributed by atoms with Crippen LogP contribution >= 0.6 is 0 Å². The second-order valence-electron chi connectivity index (χ2n) is 3.97. The number of pyridine rings is 1. The first kappa shape index (κ1) is 12.3. The van der Waals surface area contributed by atoms with E-state index in [4.69, 9.17) is 4.74 Å². The SMILES string of the molecule is O=Cc1cnccc1OCCCc1ccccc1. The van der Waals surface area contributed by atoms with Gasteiger partial charge in [0.2, 0.25) is 0 Å². The number of ether oxygens (including phenoxy) is 1. The van der Waals surface area contributed by atoms with E-state index in [0.717, 1.165) is 19.1 Å². The molecule has 0 saturated carbocycles. The molecule has 0 spiro atoms. The lowest BCUT2D eigenvalue weighted by Gasteiger charge is -2.07. The lowest BCUT2D eigenvalue weighted by Crippen LogP contribution is -2.01. The molecule has 92 valence electrons. The van der Waals surface area contributed by atoms with E-state index in [1.165, 1.54) is 11.8 Å². The van der Waals surface area contributed by atoms with E-state index >= 15 is 0 Å². The van der Waals surface area contributed by atoms with Gasteiger partial charge in [0.05, 0.1) is 12.2 Å². The Morgan fingerprint density at radius 2 is 2.00 bits per heavy atom. The summed E-state index contributed by atoms with van der Waals surface area (Å²) < 4.78 is 5.58. The van der Waals surface area contributed by atoms with Crippen molar-refractivity contribution in [1.82, 2.24) is 4.98 Å². The zero-order valence-electron chi connectivity index (χ0n) is 10.1. The highest BCUT2D eigenvalue weighted by Gasteiger charge is 2.01. The summed E-state index contributed by atoms with van der Waals surface area (Å²) >= 11 is 0. The van der Waals surface area contributed by atoms with Crippen LogP contribution in [0.4, 0.5) is 0 Å². The third-order valence-electron chi connectivity index (χ3n) is 2.65. The fraction of sp³-hybridized carbons (Fsp3) is 0.200. The maximum Gasteiger partial charge on any atom is 0.155 e. The van der Waals surface area contributed by atoms with Crippen LogP contribution in [-0.2, 0) is 6.42 Å². The largest absolute Gasteiger partial charge is 0.493 e. The average molecular weight is 241 g/mol. The van der Waals surface area contributed by atoms with E-state index in [0.29, 0.717) is 17.9 Å². The monoisotopic (exact) mass is 241 g/mol. The van der Waals surface area contributed by atoms with E-state index in [-0.39, 0.29) is 0 Å². The van der Waals surface area contributed by atoms with Crippen LogP contribution in [-0.4, -0.2) is 17.9 Å². The van der Waals surface area contributed by atoms with Crippen LogP contribution < -0.4 is 4.74 Å². The van der Waals surface area contributed by atoms with Crippen molar-refractivity contribution < 1.29 is 9.53 Å². The number of hydrogen-bond donors (Lipinski definition) is 0. The highest BCUT2D eigenvalue weighted by atomic mass is 16.5. The van der Waals surface area contributed by atoms with Crippen molar-refractivity contribution >= 4 is 6.29 Å². The van der Waals surface area contributed by atoms with E-state index in [2.05, 4.69) is 17.1 Å². The molecule has 18 heavy (non-hydrogen) atoms. The van der Waals surface area contributed by atoms with Gasteiger partial charge >= 0.3 is 0 Å². The standard InChI is InChI=1S/C15H15NO2/c17-12-14-11-16-9-8-15(14)18-10-4-7-13-5-2-1-3-6-13/h1-3,5-6,8-9,11-12H,4,7,10H2. The normalized spacial score (nSPS) is 10.0. The number of carbonyl (C=O) groups is 1. The van der Waals surface area contributed by atoms with Gasteiger partial charge in [0.1, 0.15) is 5.75 Å². The van der Waals surface area contributed by atoms with Crippen molar-refractivity contribution in [3.8, 4) is 5.75 Å². The fourth-order valence-electron chi connectivity index (χ4n) is 1.72. The summed E-state index contributed by atoms with van der Waals surface area (Å²) in [4.78, 5) is 14.6. The molecule has 2 aromatic rings. The summed E-state index contributed by atoms with van der Waals surface area (Å²) in [6, 6.07) is 12.0. The van der Waals surface area contributed by atoms with Crippen LogP contribution in [0.2, 0.25) is 0 Å². The molecule has 0 unspecified atom stereocenters. The summed E-state index contributed by atoms with van der Waals surface area (Å²) in [6.07, 6.45) is 5.80. The summed E-state index contributed by atoms with van der Waals surface area (Å²) in [6.45, 7) is 0.597. The van der Waals surface area contributed by atoms with Crippen LogP contribution in [0.3, 0.4) is 0 Å². The first-order valence-electron chi connectivity index (χ1n) is 5.96. The molecule has 0 N–H and O–H groups in total. The van der Waals surface area contributed by atoms with Gasteiger partial charge in [0, 0.05) is 12.4 Å². The van der Waals surface area contributed by atoms with Gasteiger partial charge in [0.25, 0.3) is 0 Å². The van der Waals surface area contributed by atoms with Gasteiger partial charge in [-0.05, 0) is 24.5 Å². The van der Waals surface area contributed by atoms with E-state index in [1.54, 1.807) is 12.3 Å². The summed E-state index contributed by atoms with van der Waals surface area (Å²) in [5.41, 5.74) is 1.80. The minimum absolute atomic E-state index is 0.497. The summed E-state index contributed by atoms with van der Waals surface area (Å²) in [7, 11) is 0. The van der Waals surface area contributed by atoms with Crippen LogP contribution in [0.5, 0.6) is 5.75 Å². The minimum Gasteiger partial charge on any atom is -0.493 e. The van der Waals surface area contributed by atoms with Crippen LogP contribution in [0.15, 0.2) is 48.8 Å². The van der Waals surface area contributed by atoms with Crippen molar-refractivity contribution in [1.29, 1.82) is 0 Å². The maximum atomic E-state index is 10.8. The third-order valence-corrected chi connectivity index (χ3v) is 2.65. The van der Waals surface area contributed by atoms with E-state index in [9.17, 15) is 4.79 Å². The van der Waals surface area contributed by atoms with Gasteiger partial charge in [-0.1, -0.05) is 30.3 Å². The number of nitrogens with zero attached hydrogens (tertiary/aromatic N) is 1. The van der Waals surface area contributed by atoms with Crippen molar-refractivity contribution in [3.63, 3.8) is 0 Å². The Morgan fingerprint density at radius 1 is 1.17 bits per heavy atom. The average Bonchev–Trinajstić information content (AvgIpc) is 2.45. The van der Waals surface area contributed by atoms with Gasteiger partial charge in [-0.2, -0.15) is 0 Å². The Hall–Kier alpha value is -2.16. The zero-order chi connectivity index (χ0) is 12.6. The number of aromatic nitrogens is 1. The second-order valence-corrected chi connectivity index (χ2v) is 3.97. The quantitative estimate of drug-likeness (QED) is 0.576. The molecule has 0 atom stereocenters. The fourth-order valence-corrected chi connectivity index (χ4v) is 1.72. The molecule has 3 nitrogen and oxygen atoms in total. The Balaban J connectivity index is 1.80. The van der Waals surface area contributed by atoms with Crippen molar-refractivity contribution in [2.45, 2.75) is 12.8 Å². The number of benzene rings is 1. The number of hydrogen-bond acceptors (Lipinski definition) is 3. The molecule has 0 bridgehead atoms. The molecule has 0 aliphatic carbocycles. The smallest absolute Gasteiger partial charge is 0.155 e. The lowest BCUT2D eigenvalue weighted by molar-refractivity contribution is 0.111. The van der Waals surface area contributed by atoms with Crippen molar-refractivity contribution in [2.75, 3.05) is 6.61 Å². The molecular formula is C15H15NO2. The molecule has 0 amide bonds. The molecule has 1 heterocycles. The van der Waals surface area contributed by atoms with Crippen LogP contribution in [0.1, 0.15) is 22.3 Å². The van der Waals surface area contributed by atoms with E-state index < -0.39 is 0 Å². The number of aryl methyl sites for hydroxylation is 1. The summed E-state index contributed by atoms with van der Waals surface area (Å²) in [5.74, 6) is 0.605. The molecule has 2 rings (SSSR count). The van der Waals surface area contributed by atoms with Gasteiger partial charge in [-0.25, -0.2) is 0 Å². The topological polar surface area (TPSA) is 39.2 Å². The number of carbonyl (C=O) groups excluding carboxylic acids is 1. The van der Waals surface area contributed by atoms with Gasteiger partial charge in [0.15, 0.2) is 6.29 Å². The van der Waals surface area contributed by atoms with Crippen LogP contribution in [0.25, 0.3) is 0 Å². The predicted molar refractivity (Wildman–Crippen MR) is 69.9 cm³/mol. The second kappa shape index (κ2) is 6.55. The number of aldehydes is 1. The third kappa shape index (κ3) is 3.42. The first-order valence-corrected chi connectivity index (χ1v) is 5.96. The lowest BCUT2D eigenvalue weighted by atomic mass is 10.1. The highest BCUT2D eigenvalue weighted by molar-refractivity contribution is 5.78. The van der Waals surface area contributed by atoms with E-state index in [1.807, 2.05) is 18.2 Å². The molecule has 0 aliphatic heterocycles. The molecule has 0 saturated heterocycles. The Bertz CT molecular complexity index is 497. The molecule has 0 aliphatic rings. The van der Waals surface area contributed by atoms with Crippen molar-refractivity contribution in [3.05, 3.63) is 59.9 Å². The first-order chi connectivity index (χ1) is 8.90. The van der Waals surface area contributed by atoms with Gasteiger partial charge in [-0.15, -0.1) is 0 Å². The Morgan fingerprint density at radius 3 is 2.78 bits per heavy atom. The van der Waals surface area contributed by atoms with Gasteiger partial charge < -0.3 is 4.74 Å². The maximum absolute atomic E-state index is 10.8. The summed E-state index contributed by atoms with van der Waals surface area (Å²) in [5, 5.41) is 0. The number of rotatable bonds is 6. The highest BCUT2D eigenvalue weighted by Crippen LogP contribution is 2.14. The molecule has 0 fully saturated rings. The molecule has 1 aromatic heterocycles. The minimum atomic E-state index is 0.497. The molecule has 1 aromatic carbocycles. The Kier molecular flexibility index (Phi) is 4.47. The molecular weight excluding hydrogens is 226 g/mol. The molecule has 0 radical (unpaired) electrons.